The molecule has 1 aliphatic carbocycles. The SMILES string of the molecule is CC1(C(=O)NCCCc2ccccc2)COCc2nnc(C3CC3)n21. The van der Waals surface area contributed by atoms with E-state index in [1.165, 1.54) is 5.56 Å². The molecule has 2 heterocycles. The summed E-state index contributed by atoms with van der Waals surface area (Å²) in [5, 5.41) is 11.7. The lowest BCUT2D eigenvalue weighted by molar-refractivity contribution is -0.135. The van der Waals surface area contributed by atoms with Crippen molar-refractivity contribution in [2.24, 2.45) is 0 Å². The molecule has 6 heteroatoms. The first-order valence-electron chi connectivity index (χ1n) is 9.03. The van der Waals surface area contributed by atoms with Gasteiger partial charge in [0.15, 0.2) is 5.82 Å². The van der Waals surface area contributed by atoms with Gasteiger partial charge in [0.05, 0.1) is 6.61 Å². The minimum atomic E-state index is -0.762. The van der Waals surface area contributed by atoms with Crippen molar-refractivity contribution in [1.29, 1.82) is 0 Å². The number of hydrogen-bond acceptors (Lipinski definition) is 4. The second-order valence-corrected chi connectivity index (χ2v) is 7.20. The van der Waals surface area contributed by atoms with Gasteiger partial charge in [-0.2, -0.15) is 0 Å². The van der Waals surface area contributed by atoms with Crippen LogP contribution in [0.5, 0.6) is 0 Å². The fraction of sp³-hybridized carbons (Fsp3) is 0.526. The summed E-state index contributed by atoms with van der Waals surface area (Å²) in [6.45, 7) is 3.37. The van der Waals surface area contributed by atoms with Crippen LogP contribution in [-0.2, 0) is 28.1 Å². The van der Waals surface area contributed by atoms with Gasteiger partial charge in [0.25, 0.3) is 0 Å². The van der Waals surface area contributed by atoms with Crippen LogP contribution in [0.25, 0.3) is 0 Å². The molecule has 1 atom stereocenters. The Bertz CT molecular complexity index is 754. The van der Waals surface area contributed by atoms with Crippen molar-refractivity contribution in [2.75, 3.05) is 13.2 Å². The normalized spacial score (nSPS) is 22.4. The van der Waals surface area contributed by atoms with Crippen LogP contribution in [0.15, 0.2) is 30.3 Å². The summed E-state index contributed by atoms with van der Waals surface area (Å²) in [5.74, 6) is 2.14. The maximum Gasteiger partial charge on any atom is 0.248 e. The molecule has 0 saturated heterocycles. The monoisotopic (exact) mass is 340 g/mol. The zero-order valence-electron chi connectivity index (χ0n) is 14.6. The molecule has 1 aliphatic heterocycles. The molecule has 0 spiro atoms. The molecule has 1 unspecified atom stereocenters. The van der Waals surface area contributed by atoms with Gasteiger partial charge in [-0.15, -0.1) is 10.2 Å². The highest BCUT2D eigenvalue weighted by Crippen LogP contribution is 2.41. The van der Waals surface area contributed by atoms with Gasteiger partial charge in [-0.3, -0.25) is 9.36 Å². The van der Waals surface area contributed by atoms with Crippen molar-refractivity contribution in [3.05, 3.63) is 47.5 Å². The molecule has 1 fully saturated rings. The lowest BCUT2D eigenvalue weighted by Gasteiger charge is -2.35. The zero-order chi connectivity index (χ0) is 17.3. The number of rotatable bonds is 6. The third-order valence-electron chi connectivity index (χ3n) is 5.07. The van der Waals surface area contributed by atoms with E-state index in [0.717, 1.165) is 37.3 Å². The number of amides is 1. The highest BCUT2D eigenvalue weighted by molar-refractivity contribution is 5.84. The lowest BCUT2D eigenvalue weighted by Crippen LogP contribution is -2.53. The second-order valence-electron chi connectivity index (χ2n) is 7.20. The van der Waals surface area contributed by atoms with Gasteiger partial charge in [-0.05, 0) is 38.2 Å². The Morgan fingerprint density at radius 2 is 2.12 bits per heavy atom. The van der Waals surface area contributed by atoms with E-state index < -0.39 is 5.54 Å². The van der Waals surface area contributed by atoms with E-state index in [2.05, 4.69) is 27.6 Å². The summed E-state index contributed by atoms with van der Waals surface area (Å²) in [4.78, 5) is 12.9. The molecule has 2 aliphatic rings. The van der Waals surface area contributed by atoms with Crippen molar-refractivity contribution < 1.29 is 9.53 Å². The highest BCUT2D eigenvalue weighted by Gasteiger charge is 2.44. The number of aromatic nitrogens is 3. The molecular weight excluding hydrogens is 316 g/mol. The Kier molecular flexibility index (Phi) is 4.29. The number of nitrogens with zero attached hydrogens (tertiary/aromatic N) is 3. The van der Waals surface area contributed by atoms with Crippen molar-refractivity contribution >= 4 is 5.91 Å². The Hall–Kier alpha value is -2.21. The molecule has 6 nitrogen and oxygen atoms in total. The van der Waals surface area contributed by atoms with Gasteiger partial charge in [0.1, 0.15) is 18.0 Å². The van der Waals surface area contributed by atoms with Gasteiger partial charge in [-0.1, -0.05) is 30.3 Å². The second kappa shape index (κ2) is 6.59. The van der Waals surface area contributed by atoms with Crippen LogP contribution in [0.4, 0.5) is 0 Å². The molecule has 1 aromatic carbocycles. The average Bonchev–Trinajstić information content (AvgIpc) is 3.38. The molecule has 132 valence electrons. The Balaban J connectivity index is 1.41. The summed E-state index contributed by atoms with van der Waals surface area (Å²) >= 11 is 0. The number of aryl methyl sites for hydroxylation is 1. The van der Waals surface area contributed by atoms with Crippen LogP contribution in [0, 0.1) is 0 Å². The molecular formula is C19H24N4O2. The van der Waals surface area contributed by atoms with Gasteiger partial charge < -0.3 is 10.1 Å². The summed E-state index contributed by atoms with van der Waals surface area (Å²) in [6, 6.07) is 10.3. The molecule has 4 rings (SSSR count). The summed E-state index contributed by atoms with van der Waals surface area (Å²) in [5.41, 5.74) is 0.531. The lowest BCUT2D eigenvalue weighted by atomic mass is 9.99. The van der Waals surface area contributed by atoms with Crippen molar-refractivity contribution in [2.45, 2.75) is 50.7 Å². The van der Waals surface area contributed by atoms with E-state index >= 15 is 0 Å². The minimum Gasteiger partial charge on any atom is -0.370 e. The summed E-state index contributed by atoms with van der Waals surface area (Å²) < 4.78 is 7.67. The number of nitrogens with one attached hydrogen (secondary N) is 1. The van der Waals surface area contributed by atoms with Gasteiger partial charge in [0.2, 0.25) is 5.91 Å². The Morgan fingerprint density at radius 3 is 2.88 bits per heavy atom. The first kappa shape index (κ1) is 16.3. The van der Waals surface area contributed by atoms with Crippen molar-refractivity contribution in [3.8, 4) is 0 Å². The first-order chi connectivity index (χ1) is 12.2. The van der Waals surface area contributed by atoms with E-state index in [9.17, 15) is 4.79 Å². The molecule has 0 bridgehead atoms. The van der Waals surface area contributed by atoms with Gasteiger partial charge in [-0.25, -0.2) is 0 Å². The number of hydrogen-bond donors (Lipinski definition) is 1. The highest BCUT2D eigenvalue weighted by atomic mass is 16.5. The number of carbonyl (C=O) groups excluding carboxylic acids is 1. The molecule has 1 aromatic heterocycles. The number of ether oxygens (including phenoxy) is 1. The van der Waals surface area contributed by atoms with Crippen LogP contribution >= 0.6 is 0 Å². The predicted molar refractivity (Wildman–Crippen MR) is 93.1 cm³/mol. The largest absolute Gasteiger partial charge is 0.370 e. The minimum absolute atomic E-state index is 0.0109. The third kappa shape index (κ3) is 3.18. The van der Waals surface area contributed by atoms with Crippen LogP contribution in [-0.4, -0.2) is 33.8 Å². The Labute approximate surface area is 147 Å². The smallest absolute Gasteiger partial charge is 0.248 e. The molecule has 25 heavy (non-hydrogen) atoms. The van der Waals surface area contributed by atoms with Gasteiger partial charge in [0, 0.05) is 12.5 Å². The molecule has 1 saturated carbocycles. The quantitative estimate of drug-likeness (QED) is 0.818. The van der Waals surface area contributed by atoms with E-state index in [4.69, 9.17) is 4.74 Å². The Morgan fingerprint density at radius 1 is 1.32 bits per heavy atom. The number of fused-ring (bicyclic) bond motifs is 1. The van der Waals surface area contributed by atoms with E-state index in [0.29, 0.717) is 25.7 Å². The number of carbonyl (C=O) groups is 1. The topological polar surface area (TPSA) is 69.0 Å². The average molecular weight is 340 g/mol. The molecule has 1 amide bonds. The maximum atomic E-state index is 12.9. The van der Waals surface area contributed by atoms with Crippen LogP contribution in [0.1, 0.15) is 49.3 Å². The van der Waals surface area contributed by atoms with E-state index in [-0.39, 0.29) is 5.91 Å². The fourth-order valence-electron chi connectivity index (χ4n) is 3.47. The summed E-state index contributed by atoms with van der Waals surface area (Å²) in [7, 11) is 0. The summed E-state index contributed by atoms with van der Waals surface area (Å²) in [6.07, 6.45) is 4.14. The standard InChI is InChI=1S/C19H24N4O2/c1-19(18(24)20-11-5-8-14-6-3-2-4-7-14)13-25-12-16-21-22-17(23(16)19)15-9-10-15/h2-4,6-7,15H,5,8-13H2,1H3,(H,20,24). The van der Waals surface area contributed by atoms with Crippen LogP contribution in [0.2, 0.25) is 0 Å². The van der Waals surface area contributed by atoms with Crippen LogP contribution in [0.3, 0.4) is 0 Å². The first-order valence-corrected chi connectivity index (χ1v) is 9.03. The van der Waals surface area contributed by atoms with Crippen LogP contribution < -0.4 is 5.32 Å². The molecule has 0 radical (unpaired) electrons. The zero-order valence-corrected chi connectivity index (χ0v) is 14.6. The van der Waals surface area contributed by atoms with Crippen molar-refractivity contribution in [3.63, 3.8) is 0 Å². The van der Waals surface area contributed by atoms with Gasteiger partial charge >= 0.3 is 0 Å². The molecule has 1 N–H and O–H groups in total. The molecule has 2 aromatic rings. The number of benzene rings is 1. The fourth-order valence-corrected chi connectivity index (χ4v) is 3.47. The van der Waals surface area contributed by atoms with E-state index in [1.807, 2.05) is 29.7 Å². The van der Waals surface area contributed by atoms with E-state index in [1.54, 1.807) is 0 Å². The van der Waals surface area contributed by atoms with Crippen molar-refractivity contribution in [1.82, 2.24) is 20.1 Å². The maximum absolute atomic E-state index is 12.9. The predicted octanol–water partition coefficient (Wildman–Crippen LogP) is 2.15. The third-order valence-corrected chi connectivity index (χ3v) is 5.07.